The van der Waals surface area contributed by atoms with Crippen LogP contribution in [0.3, 0.4) is 0 Å². The summed E-state index contributed by atoms with van der Waals surface area (Å²) in [5.74, 6) is -6.66. The van der Waals surface area contributed by atoms with Gasteiger partial charge in [-0.3, -0.25) is 0 Å². The highest BCUT2D eigenvalue weighted by Crippen LogP contribution is 2.37. The summed E-state index contributed by atoms with van der Waals surface area (Å²) in [5, 5.41) is 7.73. The molecule has 1 aliphatic carbocycles. The SMILES string of the molecule is CN1C=CC=C(C(=O)OC2C(OC(=O)C3=CC=CN(C)C3)C(OC(=O)C3=CC=CN(C)C3)C(OC(=O)C3=CC=CN(C)C3)C(OC(=O)C3=CC=CN(C)C3)C2OC(=O)C2=CC=CN(C)C2)C1.O=C(O)C(Cl)Cl. The molecule has 0 atom stereocenters. The molecule has 1 fully saturated rings. The van der Waals surface area contributed by atoms with Crippen molar-refractivity contribution in [3.05, 3.63) is 144 Å². The molecule has 0 spiro atoms. The highest BCUT2D eigenvalue weighted by atomic mass is 35.5. The lowest BCUT2D eigenvalue weighted by Gasteiger charge is -2.47. The molecule has 0 saturated heterocycles. The van der Waals surface area contributed by atoms with Gasteiger partial charge >= 0.3 is 41.8 Å². The zero-order chi connectivity index (χ0) is 52.2. The second-order valence-electron chi connectivity index (χ2n) is 17.5. The lowest BCUT2D eigenvalue weighted by Crippen LogP contribution is -2.69. The first-order valence-corrected chi connectivity index (χ1v) is 23.4. The summed E-state index contributed by atoms with van der Waals surface area (Å²) < 4.78 is 38.0. The zero-order valence-corrected chi connectivity index (χ0v) is 41.9. The number of carbonyl (C=O) groups excluding carboxylic acids is 6. The number of aliphatic carboxylic acids is 1. The Bertz CT molecular complexity index is 2110. The quantitative estimate of drug-likeness (QED) is 0.160. The zero-order valence-electron chi connectivity index (χ0n) is 40.4. The number of carboxylic acids is 1. The number of allylic oxidation sites excluding steroid dienone is 12. The fourth-order valence-corrected chi connectivity index (χ4v) is 8.00. The molecule has 0 amide bonds. The molecular formula is C50H56Cl2N6O14. The van der Waals surface area contributed by atoms with Crippen molar-refractivity contribution < 1.29 is 67.1 Å². The van der Waals surface area contributed by atoms with Crippen LogP contribution in [0.1, 0.15) is 0 Å². The maximum Gasteiger partial charge on any atom is 0.337 e. The van der Waals surface area contributed by atoms with Crippen molar-refractivity contribution in [2.24, 2.45) is 0 Å². The number of hydrogen-bond acceptors (Lipinski definition) is 19. The Kier molecular flexibility index (Phi) is 18.4. The van der Waals surface area contributed by atoms with Crippen LogP contribution < -0.4 is 0 Å². The Morgan fingerprint density at radius 3 is 0.625 bits per heavy atom. The van der Waals surface area contributed by atoms with Crippen molar-refractivity contribution in [1.82, 2.24) is 29.4 Å². The Hall–Kier alpha value is -7.45. The number of ether oxygens (including phenoxy) is 6. The van der Waals surface area contributed by atoms with Gasteiger partial charge in [0, 0.05) is 81.6 Å². The van der Waals surface area contributed by atoms with Crippen LogP contribution in [0.15, 0.2) is 144 Å². The topological polar surface area (TPSA) is 215 Å². The number of halogens is 2. The Morgan fingerprint density at radius 1 is 0.375 bits per heavy atom. The molecule has 0 aromatic carbocycles. The van der Waals surface area contributed by atoms with Crippen molar-refractivity contribution in [1.29, 1.82) is 0 Å². The number of rotatable bonds is 13. The Labute approximate surface area is 426 Å². The molecule has 0 bridgehead atoms. The maximum absolute atomic E-state index is 14.4. The number of likely N-dealkylation sites (N-methyl/N-ethyl adjacent to an activating group) is 6. The molecule has 0 aromatic heterocycles. The van der Waals surface area contributed by atoms with E-state index in [-0.39, 0.29) is 72.7 Å². The Balaban J connectivity index is 0.00000133. The van der Waals surface area contributed by atoms with Crippen LogP contribution in [0, 0.1) is 0 Å². The summed E-state index contributed by atoms with van der Waals surface area (Å²) in [6.07, 6.45) is 18.4. The van der Waals surface area contributed by atoms with E-state index in [4.69, 9.17) is 56.7 Å². The van der Waals surface area contributed by atoms with E-state index >= 15 is 0 Å². The summed E-state index contributed by atoms with van der Waals surface area (Å²) in [4.78, 5) is 105. The van der Waals surface area contributed by atoms with Crippen molar-refractivity contribution in [3.63, 3.8) is 0 Å². The van der Waals surface area contributed by atoms with Crippen molar-refractivity contribution in [3.8, 4) is 0 Å². The van der Waals surface area contributed by atoms with E-state index < -0.39 is 83.2 Å². The van der Waals surface area contributed by atoms with E-state index in [0.29, 0.717) is 0 Å². The number of carboxylic acid groups (broad SMARTS) is 1. The number of alkyl halides is 2. The van der Waals surface area contributed by atoms with E-state index in [1.54, 1.807) is 182 Å². The number of carbonyl (C=O) groups is 7. The van der Waals surface area contributed by atoms with Crippen LogP contribution in [0.5, 0.6) is 0 Å². The van der Waals surface area contributed by atoms with Crippen molar-refractivity contribution >= 4 is 65.0 Å². The smallest absolute Gasteiger partial charge is 0.337 e. The average Bonchev–Trinajstić information content (AvgIpc) is 3.34. The van der Waals surface area contributed by atoms with Gasteiger partial charge in [0.15, 0.2) is 36.6 Å². The average molecular weight is 1040 g/mol. The van der Waals surface area contributed by atoms with Crippen LogP contribution in [-0.2, 0) is 62.0 Å². The van der Waals surface area contributed by atoms with Gasteiger partial charge in [-0.1, -0.05) is 23.2 Å². The minimum Gasteiger partial charge on any atom is -0.479 e. The largest absolute Gasteiger partial charge is 0.479 e. The van der Waals surface area contributed by atoms with E-state index in [2.05, 4.69) is 0 Å². The van der Waals surface area contributed by atoms with Crippen LogP contribution in [0.4, 0.5) is 0 Å². The molecule has 384 valence electrons. The third kappa shape index (κ3) is 14.3. The monoisotopic (exact) mass is 1030 g/mol. The van der Waals surface area contributed by atoms with Crippen LogP contribution in [-0.4, -0.2) is 199 Å². The van der Waals surface area contributed by atoms with E-state index in [1.807, 2.05) is 0 Å². The molecule has 6 aliphatic heterocycles. The number of esters is 6. The fourth-order valence-electron chi connectivity index (χ4n) is 8.00. The molecule has 1 N–H and O–H groups in total. The summed E-state index contributed by atoms with van der Waals surface area (Å²) in [6.45, 7) is 0.628. The highest BCUT2D eigenvalue weighted by molar-refractivity contribution is 6.52. The third-order valence-corrected chi connectivity index (χ3v) is 11.9. The molecule has 22 heteroatoms. The van der Waals surface area contributed by atoms with Gasteiger partial charge in [0.1, 0.15) is 0 Å². The third-order valence-electron chi connectivity index (χ3n) is 11.5. The normalized spacial score (nSPS) is 24.3. The molecule has 20 nitrogen and oxygen atoms in total. The summed E-state index contributed by atoms with van der Waals surface area (Å²) in [7, 11) is 10.5. The molecule has 6 heterocycles. The summed E-state index contributed by atoms with van der Waals surface area (Å²) in [6, 6.07) is 0. The van der Waals surface area contributed by atoms with Gasteiger partial charge in [-0.25, -0.2) is 33.6 Å². The van der Waals surface area contributed by atoms with Crippen LogP contribution in [0.25, 0.3) is 0 Å². The predicted octanol–water partition coefficient (Wildman–Crippen LogP) is 2.66. The molecule has 0 aromatic rings. The second-order valence-corrected chi connectivity index (χ2v) is 18.6. The first-order valence-electron chi connectivity index (χ1n) is 22.5. The standard InChI is InChI=1S/C48H54N6O12.C2H2Cl2O2/c1-49-19-7-13-31(25-49)43(55)61-37-38(62-44(56)32-14-8-20-50(2)26-32)40(64-46(58)34-16-10-22-52(4)28-34)42(66-48(60)36-18-12-24-54(6)30-36)41(65-47(59)35-17-11-23-53(5)29-35)39(37)63-45(57)33-15-9-21-51(3)27-33;3-1(4)2(5)6/h7-24,37-42H,25-30H2,1-6H3;1H,(H,5,6). The number of hydrogen-bond donors (Lipinski definition) is 1. The van der Waals surface area contributed by atoms with Gasteiger partial charge in [0.25, 0.3) is 0 Å². The van der Waals surface area contributed by atoms with E-state index in [9.17, 15) is 33.6 Å². The molecule has 72 heavy (non-hydrogen) atoms. The summed E-state index contributed by atoms with van der Waals surface area (Å²) >= 11 is 9.56. The fraction of sp³-hybridized carbons (Fsp3) is 0.380. The summed E-state index contributed by atoms with van der Waals surface area (Å²) in [5.41, 5.74) is 1.00. The first-order chi connectivity index (χ1) is 34.3. The Morgan fingerprint density at radius 2 is 0.514 bits per heavy atom. The molecular weight excluding hydrogens is 979 g/mol. The van der Waals surface area contributed by atoms with E-state index in [0.717, 1.165) is 0 Å². The van der Waals surface area contributed by atoms with Gasteiger partial charge in [-0.15, -0.1) is 0 Å². The van der Waals surface area contributed by atoms with Crippen molar-refractivity contribution in [2.75, 3.05) is 81.6 Å². The molecule has 7 rings (SSSR count). The van der Waals surface area contributed by atoms with Crippen LogP contribution >= 0.6 is 23.2 Å². The molecule has 0 unspecified atom stereocenters. The first kappa shape index (κ1) is 53.9. The highest BCUT2D eigenvalue weighted by Gasteiger charge is 2.62. The van der Waals surface area contributed by atoms with E-state index in [1.165, 1.54) is 0 Å². The predicted molar refractivity (Wildman–Crippen MR) is 262 cm³/mol. The molecule has 7 aliphatic rings. The molecule has 1 saturated carbocycles. The minimum absolute atomic E-state index is 0.105. The molecule has 0 radical (unpaired) electrons. The van der Waals surface area contributed by atoms with Gasteiger partial charge in [0.05, 0.1) is 33.4 Å². The minimum atomic E-state index is -1.86. The second kappa shape index (κ2) is 24.6. The van der Waals surface area contributed by atoms with Gasteiger partial charge in [-0.2, -0.15) is 0 Å². The lowest BCUT2D eigenvalue weighted by atomic mass is 9.83. The van der Waals surface area contributed by atoms with Gasteiger partial charge in [-0.05, 0) is 110 Å². The lowest BCUT2D eigenvalue weighted by molar-refractivity contribution is -0.257. The number of nitrogens with zero attached hydrogens (tertiary/aromatic N) is 6. The van der Waals surface area contributed by atoms with Crippen LogP contribution in [0.2, 0.25) is 0 Å². The van der Waals surface area contributed by atoms with Crippen molar-refractivity contribution in [2.45, 2.75) is 41.5 Å². The maximum atomic E-state index is 14.4. The van der Waals surface area contributed by atoms with Gasteiger partial charge < -0.3 is 62.9 Å². The van der Waals surface area contributed by atoms with Gasteiger partial charge in [0.2, 0.25) is 4.84 Å².